The van der Waals surface area contributed by atoms with E-state index in [0.717, 1.165) is 25.0 Å². The Labute approximate surface area is 162 Å². The molecule has 0 saturated carbocycles. The highest BCUT2D eigenvalue weighted by Gasteiger charge is 2.18. The van der Waals surface area contributed by atoms with Crippen molar-refractivity contribution in [1.29, 1.82) is 5.26 Å². The summed E-state index contributed by atoms with van der Waals surface area (Å²) in [5, 5.41) is 21.1. The van der Waals surface area contributed by atoms with Crippen LogP contribution in [0.4, 0.5) is 5.69 Å². The number of amides is 1. The van der Waals surface area contributed by atoms with E-state index in [1.807, 2.05) is 6.07 Å². The first kappa shape index (κ1) is 20.5. The molecule has 140 valence electrons. The van der Waals surface area contributed by atoms with Gasteiger partial charge in [0.15, 0.2) is 0 Å². The number of rotatable bonds is 8. The molecular weight excluding hydrogens is 362 g/mol. The number of aryl methyl sites for hydroxylation is 1. The van der Waals surface area contributed by atoms with Crippen LogP contribution >= 0.6 is 11.8 Å². The third-order valence-corrected chi connectivity index (χ3v) is 4.96. The average Bonchev–Trinajstić information content (AvgIpc) is 2.66. The van der Waals surface area contributed by atoms with Crippen LogP contribution in [-0.4, -0.2) is 27.2 Å². The number of aromatic nitrogens is 1. The average molecular weight is 383 g/mol. The van der Waals surface area contributed by atoms with Crippen LogP contribution in [0.3, 0.4) is 0 Å². The van der Waals surface area contributed by atoms with E-state index >= 15 is 0 Å². The number of nitrogens with zero attached hydrogens (tertiary/aromatic N) is 2. The molecule has 0 aliphatic rings. The number of aromatic carboxylic acids is 1. The maximum Gasteiger partial charge on any atom is 0.335 e. The molecule has 27 heavy (non-hydrogen) atoms. The fourth-order valence-corrected chi connectivity index (χ4v) is 3.26. The van der Waals surface area contributed by atoms with Crippen molar-refractivity contribution in [2.75, 3.05) is 5.32 Å². The van der Waals surface area contributed by atoms with Crippen molar-refractivity contribution >= 4 is 29.3 Å². The zero-order valence-electron chi connectivity index (χ0n) is 15.2. The highest BCUT2D eigenvalue weighted by atomic mass is 32.2. The lowest BCUT2D eigenvalue weighted by Crippen LogP contribution is -2.22. The fourth-order valence-electron chi connectivity index (χ4n) is 2.35. The molecule has 2 N–H and O–H groups in total. The molecule has 0 aliphatic carbocycles. The third-order valence-electron chi connectivity index (χ3n) is 3.86. The SMILES string of the molecule is CCCCc1ccc(C#N)c(SC(C)C(=O)Nc2cccc(C(=O)O)c2)n1. The van der Waals surface area contributed by atoms with Gasteiger partial charge < -0.3 is 10.4 Å². The van der Waals surface area contributed by atoms with Crippen LogP contribution in [0.5, 0.6) is 0 Å². The van der Waals surface area contributed by atoms with Crippen LogP contribution in [0.25, 0.3) is 0 Å². The molecule has 1 aromatic heterocycles. The Hall–Kier alpha value is -2.85. The number of carboxylic acid groups (broad SMARTS) is 1. The summed E-state index contributed by atoms with van der Waals surface area (Å²) < 4.78 is 0. The van der Waals surface area contributed by atoms with E-state index < -0.39 is 11.2 Å². The molecule has 0 spiro atoms. The topological polar surface area (TPSA) is 103 Å². The second kappa shape index (κ2) is 9.74. The molecule has 0 fully saturated rings. The summed E-state index contributed by atoms with van der Waals surface area (Å²) in [4.78, 5) is 28.0. The van der Waals surface area contributed by atoms with E-state index in [1.54, 1.807) is 25.1 Å². The molecular formula is C20H21N3O3S. The van der Waals surface area contributed by atoms with Gasteiger partial charge in [0.2, 0.25) is 5.91 Å². The van der Waals surface area contributed by atoms with Crippen molar-refractivity contribution < 1.29 is 14.7 Å². The highest BCUT2D eigenvalue weighted by molar-refractivity contribution is 8.00. The Kier molecular flexibility index (Phi) is 7.38. The van der Waals surface area contributed by atoms with E-state index in [4.69, 9.17) is 5.11 Å². The first-order valence-corrected chi connectivity index (χ1v) is 9.53. The maximum absolute atomic E-state index is 12.5. The van der Waals surface area contributed by atoms with Gasteiger partial charge in [-0.05, 0) is 50.1 Å². The molecule has 1 unspecified atom stereocenters. The minimum atomic E-state index is -1.06. The van der Waals surface area contributed by atoms with Gasteiger partial charge in [0.25, 0.3) is 0 Å². The van der Waals surface area contributed by atoms with E-state index in [-0.39, 0.29) is 11.5 Å². The predicted octanol–water partition coefficient (Wildman–Crippen LogP) is 4.11. The number of carbonyl (C=O) groups is 2. The number of unbranched alkanes of at least 4 members (excludes halogenated alkanes) is 1. The Morgan fingerprint density at radius 2 is 2.11 bits per heavy atom. The maximum atomic E-state index is 12.5. The summed E-state index contributed by atoms with van der Waals surface area (Å²) in [5.41, 5.74) is 1.86. The lowest BCUT2D eigenvalue weighted by atomic mass is 10.2. The van der Waals surface area contributed by atoms with Gasteiger partial charge in [-0.3, -0.25) is 4.79 Å². The number of pyridine rings is 1. The van der Waals surface area contributed by atoms with Gasteiger partial charge in [0, 0.05) is 11.4 Å². The van der Waals surface area contributed by atoms with Crippen molar-refractivity contribution in [1.82, 2.24) is 4.98 Å². The fraction of sp³-hybridized carbons (Fsp3) is 0.300. The predicted molar refractivity (Wildman–Crippen MR) is 105 cm³/mol. The van der Waals surface area contributed by atoms with Crippen molar-refractivity contribution in [3.63, 3.8) is 0 Å². The first-order valence-electron chi connectivity index (χ1n) is 8.65. The number of carboxylic acids is 1. The summed E-state index contributed by atoms with van der Waals surface area (Å²) in [6, 6.07) is 11.8. The lowest BCUT2D eigenvalue weighted by Gasteiger charge is -2.13. The molecule has 6 nitrogen and oxygen atoms in total. The number of nitriles is 1. The van der Waals surface area contributed by atoms with Crippen molar-refractivity contribution in [2.24, 2.45) is 0 Å². The zero-order valence-corrected chi connectivity index (χ0v) is 16.0. The molecule has 0 saturated heterocycles. The number of thioether (sulfide) groups is 1. The quantitative estimate of drug-likeness (QED) is 0.665. The molecule has 0 radical (unpaired) electrons. The molecule has 1 amide bonds. The zero-order chi connectivity index (χ0) is 19.8. The second-order valence-electron chi connectivity index (χ2n) is 6.01. The van der Waals surface area contributed by atoms with Crippen molar-refractivity contribution in [3.8, 4) is 6.07 Å². The Morgan fingerprint density at radius 3 is 2.78 bits per heavy atom. The molecule has 2 rings (SSSR count). The number of hydrogen-bond acceptors (Lipinski definition) is 5. The smallest absolute Gasteiger partial charge is 0.335 e. The van der Waals surface area contributed by atoms with Crippen LogP contribution in [0.2, 0.25) is 0 Å². The molecule has 7 heteroatoms. The van der Waals surface area contributed by atoms with Crippen LogP contribution < -0.4 is 5.32 Å². The molecule has 2 aromatic rings. The lowest BCUT2D eigenvalue weighted by molar-refractivity contribution is -0.115. The molecule has 0 bridgehead atoms. The van der Waals surface area contributed by atoms with E-state index in [9.17, 15) is 14.9 Å². The number of benzene rings is 1. The monoisotopic (exact) mass is 383 g/mol. The summed E-state index contributed by atoms with van der Waals surface area (Å²) in [7, 11) is 0. The first-order chi connectivity index (χ1) is 12.9. The van der Waals surface area contributed by atoms with Crippen LogP contribution in [0.1, 0.15) is 48.3 Å². The molecule has 1 atom stereocenters. The Balaban J connectivity index is 2.10. The minimum Gasteiger partial charge on any atom is -0.478 e. The van der Waals surface area contributed by atoms with Crippen molar-refractivity contribution in [2.45, 2.75) is 43.4 Å². The molecule has 1 heterocycles. The number of nitrogens with one attached hydrogen (secondary N) is 1. The van der Waals surface area contributed by atoms with Crippen molar-refractivity contribution in [3.05, 3.63) is 53.2 Å². The third kappa shape index (κ3) is 5.83. The number of carbonyl (C=O) groups excluding carboxylic acids is 1. The minimum absolute atomic E-state index is 0.102. The van der Waals surface area contributed by atoms with Crippen LogP contribution in [0, 0.1) is 11.3 Å². The summed E-state index contributed by atoms with van der Waals surface area (Å²) in [6.45, 7) is 3.83. The van der Waals surface area contributed by atoms with Gasteiger partial charge in [0.1, 0.15) is 11.1 Å². The van der Waals surface area contributed by atoms with Crippen LogP contribution in [0.15, 0.2) is 41.4 Å². The Bertz CT molecular complexity index is 877. The van der Waals surface area contributed by atoms with E-state index in [1.165, 1.54) is 23.9 Å². The largest absolute Gasteiger partial charge is 0.478 e. The summed E-state index contributed by atoms with van der Waals surface area (Å²) >= 11 is 1.22. The van der Waals surface area contributed by atoms with Crippen LogP contribution in [-0.2, 0) is 11.2 Å². The summed E-state index contributed by atoms with van der Waals surface area (Å²) in [6.07, 6.45) is 2.90. The number of hydrogen-bond donors (Lipinski definition) is 2. The highest BCUT2D eigenvalue weighted by Crippen LogP contribution is 2.26. The second-order valence-corrected chi connectivity index (χ2v) is 7.34. The van der Waals surface area contributed by atoms with Gasteiger partial charge >= 0.3 is 5.97 Å². The molecule has 0 aliphatic heterocycles. The van der Waals surface area contributed by atoms with Gasteiger partial charge in [-0.2, -0.15) is 5.26 Å². The van der Waals surface area contributed by atoms with E-state index in [2.05, 4.69) is 23.3 Å². The Morgan fingerprint density at radius 1 is 1.33 bits per heavy atom. The van der Waals surface area contributed by atoms with Gasteiger partial charge in [-0.15, -0.1) is 0 Å². The van der Waals surface area contributed by atoms with E-state index in [0.29, 0.717) is 16.3 Å². The van der Waals surface area contributed by atoms with Gasteiger partial charge in [-0.1, -0.05) is 31.2 Å². The molecule has 1 aromatic carbocycles. The number of anilines is 1. The van der Waals surface area contributed by atoms with Gasteiger partial charge in [-0.25, -0.2) is 9.78 Å². The van der Waals surface area contributed by atoms with Gasteiger partial charge in [0.05, 0.1) is 16.4 Å². The standard InChI is InChI=1S/C20H21N3O3S/c1-3-4-7-16-10-9-15(12-21)19(23-16)27-13(2)18(24)22-17-8-5-6-14(11-17)20(25)26/h5-6,8-11,13H,3-4,7H2,1-2H3,(H,22,24)(H,25,26). The summed E-state index contributed by atoms with van der Waals surface area (Å²) in [5.74, 6) is -1.34. The normalized spacial score (nSPS) is 11.4.